The molecule has 0 saturated carbocycles. The zero-order chi connectivity index (χ0) is 13.3. The Morgan fingerprint density at radius 3 is 2.78 bits per heavy atom. The number of carbonyl (C=O) groups is 1. The number of aliphatic carboxylic acids is 1. The van der Waals surface area contributed by atoms with Crippen LogP contribution in [0.5, 0.6) is 5.75 Å². The second-order valence-electron chi connectivity index (χ2n) is 4.17. The number of fused-ring (bicyclic) bond motifs is 1. The summed E-state index contributed by atoms with van der Waals surface area (Å²) in [7, 11) is 3.44. The van der Waals surface area contributed by atoms with E-state index >= 15 is 0 Å². The third-order valence-electron chi connectivity index (χ3n) is 3.17. The number of nitrogens with zero attached hydrogens (tertiary/aromatic N) is 1. The minimum atomic E-state index is -0.938. The molecule has 1 unspecified atom stereocenters. The van der Waals surface area contributed by atoms with Gasteiger partial charge in [-0.15, -0.1) is 0 Å². The molecule has 2 aromatic rings. The van der Waals surface area contributed by atoms with E-state index in [4.69, 9.17) is 10.5 Å². The van der Waals surface area contributed by atoms with Crippen LogP contribution in [0.4, 0.5) is 0 Å². The zero-order valence-corrected chi connectivity index (χ0v) is 10.4. The van der Waals surface area contributed by atoms with Crippen LogP contribution >= 0.6 is 0 Å². The topological polar surface area (TPSA) is 77.5 Å². The lowest BCUT2D eigenvalue weighted by Gasteiger charge is -2.16. The van der Waals surface area contributed by atoms with Gasteiger partial charge < -0.3 is 20.1 Å². The first-order valence-corrected chi connectivity index (χ1v) is 5.65. The molecular weight excluding hydrogens is 232 g/mol. The van der Waals surface area contributed by atoms with Crippen LogP contribution in [0, 0.1) is 0 Å². The van der Waals surface area contributed by atoms with Gasteiger partial charge in [-0.3, -0.25) is 4.79 Å². The molecule has 5 heteroatoms. The van der Waals surface area contributed by atoms with E-state index < -0.39 is 11.9 Å². The van der Waals surface area contributed by atoms with Crippen LogP contribution < -0.4 is 10.5 Å². The maximum Gasteiger partial charge on any atom is 0.312 e. The number of benzene rings is 1. The van der Waals surface area contributed by atoms with Gasteiger partial charge in [0, 0.05) is 36.3 Å². The van der Waals surface area contributed by atoms with Crippen molar-refractivity contribution in [3.63, 3.8) is 0 Å². The Morgan fingerprint density at radius 2 is 2.22 bits per heavy atom. The minimum Gasteiger partial charge on any atom is -0.496 e. The molecule has 3 N–H and O–H groups in total. The van der Waals surface area contributed by atoms with Crippen LogP contribution in [0.3, 0.4) is 0 Å². The molecule has 2 rings (SSSR count). The first-order valence-electron chi connectivity index (χ1n) is 5.65. The summed E-state index contributed by atoms with van der Waals surface area (Å²) in [5.41, 5.74) is 7.19. The van der Waals surface area contributed by atoms with Crippen molar-refractivity contribution >= 4 is 16.9 Å². The number of hydrogen-bond donors (Lipinski definition) is 2. The fourth-order valence-corrected chi connectivity index (χ4v) is 2.23. The lowest BCUT2D eigenvalue weighted by Crippen LogP contribution is -2.22. The van der Waals surface area contributed by atoms with Crippen LogP contribution in [0.1, 0.15) is 11.5 Å². The highest BCUT2D eigenvalue weighted by atomic mass is 16.5. The van der Waals surface area contributed by atoms with Gasteiger partial charge in [-0.05, 0) is 18.2 Å². The molecule has 0 spiro atoms. The molecule has 96 valence electrons. The molecule has 0 aliphatic carbocycles. The molecule has 0 fully saturated rings. The summed E-state index contributed by atoms with van der Waals surface area (Å²) in [5.74, 6) is -1.13. The standard InChI is InChI=1S/C13H16N2O3/c1-15-6-5-8-10(15)3-4-11(18-2)12(8)9(7-14)13(16)17/h3-6,9H,7,14H2,1-2H3,(H,16,17). The smallest absolute Gasteiger partial charge is 0.312 e. The van der Waals surface area contributed by atoms with E-state index in [-0.39, 0.29) is 6.54 Å². The average Bonchev–Trinajstić information content (AvgIpc) is 2.72. The van der Waals surface area contributed by atoms with Gasteiger partial charge in [0.2, 0.25) is 0 Å². The molecule has 0 radical (unpaired) electrons. The number of aryl methyl sites for hydroxylation is 1. The van der Waals surface area contributed by atoms with E-state index in [1.807, 2.05) is 29.9 Å². The number of nitrogens with two attached hydrogens (primary N) is 1. The molecule has 1 aromatic heterocycles. The van der Waals surface area contributed by atoms with Gasteiger partial charge in [0.15, 0.2) is 0 Å². The zero-order valence-electron chi connectivity index (χ0n) is 10.4. The summed E-state index contributed by atoms with van der Waals surface area (Å²) in [4.78, 5) is 11.3. The number of methoxy groups -OCH3 is 1. The van der Waals surface area contributed by atoms with Crippen molar-refractivity contribution in [1.82, 2.24) is 4.57 Å². The lowest BCUT2D eigenvalue weighted by atomic mass is 9.95. The van der Waals surface area contributed by atoms with E-state index in [1.54, 1.807) is 6.07 Å². The predicted octanol–water partition coefficient (Wildman–Crippen LogP) is 1.31. The Kier molecular flexibility index (Phi) is 3.25. The number of rotatable bonds is 4. The van der Waals surface area contributed by atoms with E-state index in [0.29, 0.717) is 11.3 Å². The van der Waals surface area contributed by atoms with Crippen molar-refractivity contribution in [2.24, 2.45) is 12.8 Å². The van der Waals surface area contributed by atoms with Crippen molar-refractivity contribution in [2.45, 2.75) is 5.92 Å². The highest BCUT2D eigenvalue weighted by molar-refractivity contribution is 5.91. The number of carboxylic acid groups (broad SMARTS) is 1. The predicted molar refractivity (Wildman–Crippen MR) is 68.9 cm³/mol. The summed E-state index contributed by atoms with van der Waals surface area (Å²) in [5, 5.41) is 10.1. The normalized spacial score (nSPS) is 12.6. The van der Waals surface area contributed by atoms with Crippen molar-refractivity contribution in [3.8, 4) is 5.75 Å². The second-order valence-corrected chi connectivity index (χ2v) is 4.17. The molecule has 0 aliphatic heterocycles. The molecule has 0 bridgehead atoms. The molecule has 1 heterocycles. The summed E-state index contributed by atoms with van der Waals surface area (Å²) >= 11 is 0. The van der Waals surface area contributed by atoms with Crippen LogP contribution in [0.2, 0.25) is 0 Å². The molecule has 5 nitrogen and oxygen atoms in total. The minimum absolute atomic E-state index is 0.0414. The SMILES string of the molecule is COc1ccc2c(ccn2C)c1C(CN)C(=O)O. The first kappa shape index (κ1) is 12.4. The largest absolute Gasteiger partial charge is 0.496 e. The summed E-state index contributed by atoms with van der Waals surface area (Å²) < 4.78 is 7.21. The number of carboxylic acids is 1. The van der Waals surface area contributed by atoms with Crippen LogP contribution in [0.25, 0.3) is 10.9 Å². The Labute approximate surface area is 105 Å². The van der Waals surface area contributed by atoms with Crippen molar-refractivity contribution in [2.75, 3.05) is 13.7 Å². The third-order valence-corrected chi connectivity index (χ3v) is 3.17. The fourth-order valence-electron chi connectivity index (χ4n) is 2.23. The number of aromatic nitrogens is 1. The highest BCUT2D eigenvalue weighted by Crippen LogP contribution is 2.34. The number of ether oxygens (including phenoxy) is 1. The number of hydrogen-bond acceptors (Lipinski definition) is 3. The second kappa shape index (κ2) is 4.70. The van der Waals surface area contributed by atoms with Gasteiger partial charge in [-0.25, -0.2) is 0 Å². The van der Waals surface area contributed by atoms with Crippen molar-refractivity contribution < 1.29 is 14.6 Å². The van der Waals surface area contributed by atoms with Gasteiger partial charge >= 0.3 is 5.97 Å². The Morgan fingerprint density at radius 1 is 1.50 bits per heavy atom. The van der Waals surface area contributed by atoms with E-state index in [2.05, 4.69) is 0 Å². The first-order chi connectivity index (χ1) is 8.60. The van der Waals surface area contributed by atoms with Gasteiger partial charge in [0.25, 0.3) is 0 Å². The highest BCUT2D eigenvalue weighted by Gasteiger charge is 2.25. The van der Waals surface area contributed by atoms with Crippen molar-refractivity contribution in [3.05, 3.63) is 30.0 Å². The molecular formula is C13H16N2O3. The fraction of sp³-hybridized carbons (Fsp3) is 0.308. The monoisotopic (exact) mass is 248 g/mol. The lowest BCUT2D eigenvalue weighted by molar-refractivity contribution is -0.138. The Hall–Kier alpha value is -2.01. The van der Waals surface area contributed by atoms with Gasteiger partial charge in [-0.2, -0.15) is 0 Å². The van der Waals surface area contributed by atoms with Crippen LogP contribution in [0.15, 0.2) is 24.4 Å². The summed E-state index contributed by atoms with van der Waals surface area (Å²) in [6.07, 6.45) is 1.89. The average molecular weight is 248 g/mol. The van der Waals surface area contributed by atoms with Gasteiger partial charge in [-0.1, -0.05) is 0 Å². The van der Waals surface area contributed by atoms with Crippen molar-refractivity contribution in [1.29, 1.82) is 0 Å². The summed E-state index contributed by atoms with van der Waals surface area (Å²) in [6, 6.07) is 5.58. The van der Waals surface area contributed by atoms with Gasteiger partial charge in [0.1, 0.15) is 5.75 Å². The van der Waals surface area contributed by atoms with E-state index in [0.717, 1.165) is 10.9 Å². The Balaban J connectivity index is 2.75. The summed E-state index contributed by atoms with van der Waals surface area (Å²) in [6.45, 7) is 0.0414. The molecule has 18 heavy (non-hydrogen) atoms. The Bertz CT molecular complexity index is 589. The molecule has 1 aromatic carbocycles. The molecule has 1 atom stereocenters. The quantitative estimate of drug-likeness (QED) is 0.855. The van der Waals surface area contributed by atoms with Gasteiger partial charge in [0.05, 0.1) is 13.0 Å². The molecule has 0 aliphatic rings. The van der Waals surface area contributed by atoms with E-state index in [9.17, 15) is 9.90 Å². The van der Waals surface area contributed by atoms with Crippen LogP contribution in [-0.2, 0) is 11.8 Å². The maximum absolute atomic E-state index is 11.3. The van der Waals surface area contributed by atoms with E-state index in [1.165, 1.54) is 7.11 Å². The third kappa shape index (κ3) is 1.82. The maximum atomic E-state index is 11.3. The van der Waals surface area contributed by atoms with Crippen LogP contribution in [-0.4, -0.2) is 29.3 Å². The molecule has 0 amide bonds. The molecule has 0 saturated heterocycles.